The van der Waals surface area contributed by atoms with Gasteiger partial charge in [-0.15, -0.1) is 0 Å². The van der Waals surface area contributed by atoms with Crippen LogP contribution in [-0.2, 0) is 32.7 Å². The molecule has 0 bridgehead atoms. The lowest BCUT2D eigenvalue weighted by Gasteiger charge is -2.28. The number of esters is 2. The van der Waals surface area contributed by atoms with Crippen molar-refractivity contribution >= 4 is 19.8 Å². The SMILES string of the molecule is CC/C=C\C/C=C\C/C=C\C/C=C\C/C=C\C/C=C\C/C=C\C/C=C\C/C=C\C/C=C\C/C=C\C/C=C\CCCCC(=O)OC(COC(=O)CCCCCCCCCCC)COP(=O)([O-])OCC[N+](C)(C)C. The number of rotatable bonds is 48. The zero-order chi connectivity index (χ0) is 52.7. The van der Waals surface area contributed by atoms with Crippen molar-refractivity contribution in [3.05, 3.63) is 146 Å². The average Bonchev–Trinajstić information content (AvgIpc) is 3.34. The third kappa shape index (κ3) is 55.2. The van der Waals surface area contributed by atoms with Gasteiger partial charge in [0.15, 0.2) is 6.10 Å². The smallest absolute Gasteiger partial charge is 0.306 e. The van der Waals surface area contributed by atoms with Gasteiger partial charge in [0.2, 0.25) is 0 Å². The second kappa shape index (κ2) is 51.8. The quantitative estimate of drug-likeness (QED) is 0.0195. The monoisotopic (exact) mass is 1020 g/mol. The van der Waals surface area contributed by atoms with E-state index in [9.17, 15) is 19.0 Å². The van der Waals surface area contributed by atoms with Crippen molar-refractivity contribution in [1.82, 2.24) is 0 Å². The van der Waals surface area contributed by atoms with Gasteiger partial charge in [-0.05, 0) is 103 Å². The minimum atomic E-state index is -4.65. The molecule has 0 saturated carbocycles. The molecule has 0 saturated heterocycles. The lowest BCUT2D eigenvalue weighted by molar-refractivity contribution is -0.870. The van der Waals surface area contributed by atoms with Gasteiger partial charge in [-0.1, -0.05) is 211 Å². The maximum Gasteiger partial charge on any atom is 0.306 e. The molecule has 0 fully saturated rings. The third-order valence-electron chi connectivity index (χ3n) is 10.9. The summed E-state index contributed by atoms with van der Waals surface area (Å²) < 4.78 is 33.9. The highest BCUT2D eigenvalue weighted by Gasteiger charge is 2.21. The van der Waals surface area contributed by atoms with E-state index >= 15 is 0 Å². The number of unbranched alkanes of at least 4 members (excludes halogenated alkanes) is 10. The number of allylic oxidation sites excluding steroid dienone is 24. The molecule has 0 aromatic heterocycles. The summed E-state index contributed by atoms with van der Waals surface area (Å²) in [5, 5.41) is 0. The molecule has 0 aromatic rings. The van der Waals surface area contributed by atoms with Gasteiger partial charge in [0.1, 0.15) is 19.8 Å². The van der Waals surface area contributed by atoms with Crippen LogP contribution in [0.15, 0.2) is 146 Å². The van der Waals surface area contributed by atoms with Crippen molar-refractivity contribution in [3.8, 4) is 0 Å². The number of ether oxygens (including phenoxy) is 2. The molecule has 0 rings (SSSR count). The van der Waals surface area contributed by atoms with Crippen LogP contribution in [0.25, 0.3) is 0 Å². The third-order valence-corrected chi connectivity index (χ3v) is 11.8. The molecule has 2 atom stereocenters. The predicted molar refractivity (Wildman–Crippen MR) is 304 cm³/mol. The molecule has 9 nitrogen and oxygen atoms in total. The van der Waals surface area contributed by atoms with Crippen molar-refractivity contribution in [2.75, 3.05) is 47.5 Å². The molecule has 72 heavy (non-hydrogen) atoms. The van der Waals surface area contributed by atoms with Crippen LogP contribution >= 0.6 is 7.82 Å². The number of phosphoric ester groups is 1. The van der Waals surface area contributed by atoms with Crippen LogP contribution in [0.3, 0.4) is 0 Å². The zero-order valence-corrected chi connectivity index (χ0v) is 46.7. The standard InChI is InChI=1S/C62H100NO8P/c1-6-8-10-12-14-16-17-18-19-20-21-22-23-24-25-26-27-28-29-30-31-32-33-34-35-36-37-38-39-40-41-42-43-44-45-47-49-51-53-55-62(65)71-60(59-70-72(66,67)69-57-56-63(3,4)5)58-68-61(64)54-52-50-48-46-15-13-11-9-7-2/h8,10,14,16,18-19,21-22,24-25,27-28,30-31,33-34,36-37,39-40,42-43,45,47,60H,6-7,9,11-13,15,17,20,23,26,29,32,35,38,41,44,46,48-59H2,1-5H3/b10-8-,16-14-,19-18-,22-21-,25-24-,28-27-,31-30-,34-33-,37-36-,40-39-,43-42-,47-45-. The minimum Gasteiger partial charge on any atom is -0.756 e. The first-order valence-corrected chi connectivity index (χ1v) is 29.0. The van der Waals surface area contributed by atoms with Crippen LogP contribution in [0.2, 0.25) is 0 Å². The fraction of sp³-hybridized carbons (Fsp3) is 0.581. The van der Waals surface area contributed by atoms with Crippen LogP contribution in [0.1, 0.15) is 181 Å². The Morgan fingerprint density at radius 1 is 0.444 bits per heavy atom. The number of hydrogen-bond acceptors (Lipinski definition) is 8. The van der Waals surface area contributed by atoms with E-state index in [-0.39, 0.29) is 26.1 Å². The molecule has 2 unspecified atom stereocenters. The molecular weight excluding hydrogens is 918 g/mol. The van der Waals surface area contributed by atoms with E-state index in [4.69, 9.17) is 18.5 Å². The molecule has 0 spiro atoms. The molecule has 10 heteroatoms. The molecule has 0 aromatic carbocycles. The van der Waals surface area contributed by atoms with Crippen LogP contribution in [0.5, 0.6) is 0 Å². The van der Waals surface area contributed by atoms with E-state index in [1.807, 2.05) is 21.1 Å². The number of hydrogen-bond donors (Lipinski definition) is 0. The topological polar surface area (TPSA) is 111 Å². The molecule has 0 aliphatic rings. The van der Waals surface area contributed by atoms with Crippen molar-refractivity contribution in [2.24, 2.45) is 0 Å². The largest absolute Gasteiger partial charge is 0.756 e. The summed E-state index contributed by atoms with van der Waals surface area (Å²) in [7, 11) is 1.12. The van der Waals surface area contributed by atoms with Gasteiger partial charge in [-0.2, -0.15) is 0 Å². The Labute approximate surface area is 440 Å². The Hall–Kier alpha value is -4.11. The Balaban J connectivity index is 4.20. The van der Waals surface area contributed by atoms with Crippen LogP contribution in [0, 0.1) is 0 Å². The number of likely N-dealkylation sites (N-methyl/N-ethyl adjacent to an activating group) is 1. The minimum absolute atomic E-state index is 0.0463. The molecular formula is C62H100NO8P. The van der Waals surface area contributed by atoms with E-state index < -0.39 is 32.5 Å². The molecule has 0 heterocycles. The Morgan fingerprint density at radius 3 is 1.18 bits per heavy atom. The van der Waals surface area contributed by atoms with Crippen molar-refractivity contribution in [1.29, 1.82) is 0 Å². The van der Waals surface area contributed by atoms with Gasteiger partial charge in [0.05, 0.1) is 27.7 Å². The molecule has 0 aliphatic carbocycles. The van der Waals surface area contributed by atoms with Crippen LogP contribution in [0.4, 0.5) is 0 Å². The van der Waals surface area contributed by atoms with Gasteiger partial charge in [0.25, 0.3) is 7.82 Å². The molecule has 406 valence electrons. The number of carbonyl (C=O) groups excluding carboxylic acids is 2. The molecule has 0 aliphatic heterocycles. The lowest BCUT2D eigenvalue weighted by Crippen LogP contribution is -2.37. The second-order valence-corrected chi connectivity index (χ2v) is 20.3. The van der Waals surface area contributed by atoms with E-state index in [1.165, 1.54) is 32.1 Å². The van der Waals surface area contributed by atoms with Crippen molar-refractivity contribution in [3.63, 3.8) is 0 Å². The highest BCUT2D eigenvalue weighted by Crippen LogP contribution is 2.38. The summed E-state index contributed by atoms with van der Waals surface area (Å²) >= 11 is 0. The fourth-order valence-electron chi connectivity index (χ4n) is 6.63. The van der Waals surface area contributed by atoms with Crippen LogP contribution in [-0.4, -0.2) is 70.0 Å². The number of nitrogens with zero attached hydrogens (tertiary/aromatic N) is 1. The average molecular weight is 1020 g/mol. The second-order valence-electron chi connectivity index (χ2n) is 18.9. The summed E-state index contributed by atoms with van der Waals surface area (Å²) in [4.78, 5) is 37.5. The highest BCUT2D eigenvalue weighted by molar-refractivity contribution is 7.45. The maximum absolute atomic E-state index is 12.7. The normalized spacial score (nSPS) is 14.5. The predicted octanol–water partition coefficient (Wildman–Crippen LogP) is 16.5. The van der Waals surface area contributed by atoms with E-state index in [0.717, 1.165) is 116 Å². The summed E-state index contributed by atoms with van der Waals surface area (Å²) in [6, 6.07) is 0. The Bertz CT molecular complexity index is 1720. The first kappa shape index (κ1) is 67.9. The molecule has 0 amide bonds. The van der Waals surface area contributed by atoms with Crippen LogP contribution < -0.4 is 4.89 Å². The summed E-state index contributed by atoms with van der Waals surface area (Å²) in [6.07, 6.45) is 76.3. The van der Waals surface area contributed by atoms with Gasteiger partial charge < -0.3 is 27.9 Å². The fourth-order valence-corrected chi connectivity index (χ4v) is 7.36. The Kier molecular flexibility index (Phi) is 48.8. The number of quaternary nitrogens is 1. The lowest BCUT2D eigenvalue weighted by atomic mass is 10.1. The molecule has 0 radical (unpaired) electrons. The summed E-state index contributed by atoms with van der Waals surface area (Å²) in [5.41, 5.74) is 0. The number of carbonyl (C=O) groups is 2. The van der Waals surface area contributed by atoms with E-state index in [1.54, 1.807) is 0 Å². The highest BCUT2D eigenvalue weighted by atomic mass is 31.2. The first-order chi connectivity index (χ1) is 35.0. The first-order valence-electron chi connectivity index (χ1n) is 27.5. The van der Waals surface area contributed by atoms with Gasteiger partial charge >= 0.3 is 11.9 Å². The molecule has 0 N–H and O–H groups in total. The maximum atomic E-state index is 12.7. The Morgan fingerprint density at radius 2 is 0.792 bits per heavy atom. The zero-order valence-electron chi connectivity index (χ0n) is 45.8. The van der Waals surface area contributed by atoms with E-state index in [0.29, 0.717) is 17.4 Å². The van der Waals surface area contributed by atoms with E-state index in [2.05, 4.69) is 160 Å². The summed E-state index contributed by atoms with van der Waals surface area (Å²) in [5.74, 6) is -0.900. The summed E-state index contributed by atoms with van der Waals surface area (Å²) in [6.45, 7) is 4.01. The van der Waals surface area contributed by atoms with Gasteiger partial charge in [-0.25, -0.2) is 0 Å². The van der Waals surface area contributed by atoms with Gasteiger partial charge in [-0.3, -0.25) is 14.2 Å². The van der Waals surface area contributed by atoms with Crippen molar-refractivity contribution < 1.29 is 42.1 Å². The number of phosphoric acid groups is 1. The van der Waals surface area contributed by atoms with Crippen molar-refractivity contribution in [2.45, 2.75) is 187 Å². The van der Waals surface area contributed by atoms with Gasteiger partial charge in [0, 0.05) is 12.8 Å².